The average Bonchev–Trinajstić information content (AvgIpc) is 2.25. The Labute approximate surface area is 131 Å². The predicted molar refractivity (Wildman–Crippen MR) is 76.8 cm³/mol. The van der Waals surface area contributed by atoms with E-state index in [-0.39, 0.29) is 0 Å². The van der Waals surface area contributed by atoms with Gasteiger partial charge in [0.15, 0.2) is 0 Å². The Morgan fingerprint density at radius 3 is 1.91 bits per heavy atom. The highest BCUT2D eigenvalue weighted by Gasteiger charge is 2.51. The third-order valence-electron chi connectivity index (χ3n) is 2.77. The largest absolute Gasteiger partial charge is 0.400 e. The van der Waals surface area contributed by atoms with Gasteiger partial charge in [0, 0.05) is 20.3 Å². The molecule has 1 atom stereocenters. The van der Waals surface area contributed by atoms with E-state index in [4.69, 9.17) is 16.0 Å². The van der Waals surface area contributed by atoms with E-state index in [1.807, 2.05) is 0 Å². The number of sulfonamides is 2. The zero-order chi connectivity index (χ0) is 18.4. The van der Waals surface area contributed by atoms with Crippen LogP contribution in [0.3, 0.4) is 0 Å². The standard InChI is InChI=1S/C10H15F3N4O4S2/c1-17(2)4-5-3-6(22(15,18)19)8(14)9(23(16,20)21)7(5)10(11,12)13/h3-4,7H,14H2,1-2H3,(H2,15,18,19)(H2,16,20,21). The minimum atomic E-state index is -5.07. The summed E-state index contributed by atoms with van der Waals surface area (Å²) in [5, 5.41) is 9.70. The molecule has 0 saturated heterocycles. The van der Waals surface area contributed by atoms with Crippen molar-refractivity contribution in [2.24, 2.45) is 21.9 Å². The Kier molecular flexibility index (Phi) is 4.92. The maximum atomic E-state index is 13.3. The second-order valence-electron chi connectivity index (χ2n) is 4.94. The molecule has 0 fully saturated rings. The molecule has 0 spiro atoms. The van der Waals surface area contributed by atoms with E-state index in [0.717, 1.165) is 6.20 Å². The van der Waals surface area contributed by atoms with Crippen LogP contribution >= 0.6 is 0 Å². The summed E-state index contributed by atoms with van der Waals surface area (Å²) in [5.41, 5.74) is 3.51. The molecule has 0 aromatic rings. The normalized spacial score (nSPS) is 22.3. The van der Waals surface area contributed by atoms with Gasteiger partial charge in [-0.15, -0.1) is 0 Å². The third kappa shape index (κ3) is 4.25. The monoisotopic (exact) mass is 376 g/mol. The summed E-state index contributed by atoms with van der Waals surface area (Å²) in [7, 11) is -6.80. The van der Waals surface area contributed by atoms with Crippen molar-refractivity contribution >= 4 is 20.0 Å². The van der Waals surface area contributed by atoms with Gasteiger partial charge in [0.05, 0.1) is 5.70 Å². The Hall–Kier alpha value is -1.57. The highest BCUT2D eigenvalue weighted by molar-refractivity contribution is 7.94. The molecule has 23 heavy (non-hydrogen) atoms. The van der Waals surface area contributed by atoms with Crippen molar-refractivity contribution in [2.75, 3.05) is 14.1 Å². The molecule has 0 bridgehead atoms. The van der Waals surface area contributed by atoms with Crippen molar-refractivity contribution in [1.29, 1.82) is 0 Å². The van der Waals surface area contributed by atoms with Crippen molar-refractivity contribution < 1.29 is 30.0 Å². The van der Waals surface area contributed by atoms with E-state index in [1.165, 1.54) is 19.0 Å². The number of allylic oxidation sites excluding steroid dienone is 3. The number of hydrogen-bond donors (Lipinski definition) is 3. The molecule has 1 unspecified atom stereocenters. The van der Waals surface area contributed by atoms with Crippen LogP contribution in [0.5, 0.6) is 0 Å². The molecule has 0 aromatic carbocycles. The van der Waals surface area contributed by atoms with Crippen molar-refractivity contribution in [3.05, 3.63) is 33.4 Å². The summed E-state index contributed by atoms with van der Waals surface area (Å²) in [4.78, 5) is -1.23. The first-order chi connectivity index (χ1) is 10.1. The van der Waals surface area contributed by atoms with Gasteiger partial charge in [0.25, 0.3) is 0 Å². The number of primary sulfonamides is 2. The summed E-state index contributed by atoms with van der Waals surface area (Å²) in [6.07, 6.45) is -3.59. The smallest absolute Gasteiger partial charge is 0.397 e. The van der Waals surface area contributed by atoms with Gasteiger partial charge in [-0.05, 0) is 11.6 Å². The molecular formula is C10H15F3N4O4S2. The average molecular weight is 376 g/mol. The number of nitrogens with two attached hydrogens (primary N) is 3. The van der Waals surface area contributed by atoms with Crippen LogP contribution < -0.4 is 16.0 Å². The molecule has 0 saturated carbocycles. The summed E-state index contributed by atoms with van der Waals surface area (Å²) in [6, 6.07) is 0. The van der Waals surface area contributed by atoms with Crippen molar-refractivity contribution in [2.45, 2.75) is 6.18 Å². The molecule has 132 valence electrons. The van der Waals surface area contributed by atoms with E-state index < -0.39 is 53.2 Å². The number of hydrogen-bond acceptors (Lipinski definition) is 6. The topological polar surface area (TPSA) is 150 Å². The lowest BCUT2D eigenvalue weighted by Crippen LogP contribution is -2.38. The molecular weight excluding hydrogens is 361 g/mol. The lowest BCUT2D eigenvalue weighted by molar-refractivity contribution is -0.152. The van der Waals surface area contributed by atoms with Crippen LogP contribution in [0.25, 0.3) is 0 Å². The van der Waals surface area contributed by atoms with E-state index in [1.54, 1.807) is 0 Å². The molecule has 0 aromatic heterocycles. The number of halogens is 3. The lowest BCUT2D eigenvalue weighted by Gasteiger charge is -2.29. The van der Waals surface area contributed by atoms with Crippen LogP contribution in [0.15, 0.2) is 33.4 Å². The predicted octanol–water partition coefficient (Wildman–Crippen LogP) is -0.745. The van der Waals surface area contributed by atoms with Gasteiger partial charge >= 0.3 is 6.18 Å². The second-order valence-corrected chi connectivity index (χ2v) is 8.00. The number of alkyl halides is 3. The Morgan fingerprint density at radius 2 is 1.61 bits per heavy atom. The van der Waals surface area contributed by atoms with Gasteiger partial charge in [-0.1, -0.05) is 0 Å². The van der Waals surface area contributed by atoms with Gasteiger partial charge in [0.2, 0.25) is 20.0 Å². The number of nitrogens with zero attached hydrogens (tertiary/aromatic N) is 1. The van der Waals surface area contributed by atoms with Crippen LogP contribution in [-0.2, 0) is 20.0 Å². The Bertz CT molecular complexity index is 808. The van der Waals surface area contributed by atoms with Gasteiger partial charge in [-0.2, -0.15) is 13.2 Å². The minimum absolute atomic E-state index is 0.581. The van der Waals surface area contributed by atoms with E-state index in [2.05, 4.69) is 0 Å². The third-order valence-corrected chi connectivity index (χ3v) is 4.79. The summed E-state index contributed by atoms with van der Waals surface area (Å²) < 4.78 is 86.2. The van der Waals surface area contributed by atoms with E-state index in [9.17, 15) is 30.0 Å². The van der Waals surface area contributed by atoms with Crippen molar-refractivity contribution in [1.82, 2.24) is 4.90 Å². The molecule has 1 aliphatic carbocycles. The van der Waals surface area contributed by atoms with Gasteiger partial charge in [-0.25, -0.2) is 27.1 Å². The first-order valence-electron chi connectivity index (χ1n) is 5.79. The molecule has 1 aliphatic rings. The van der Waals surface area contributed by atoms with Crippen LogP contribution in [0, 0.1) is 5.92 Å². The fraction of sp³-hybridized carbons (Fsp3) is 0.400. The highest BCUT2D eigenvalue weighted by Crippen LogP contribution is 2.44. The maximum absolute atomic E-state index is 13.3. The quantitative estimate of drug-likeness (QED) is 0.590. The summed E-state index contributed by atoms with van der Waals surface area (Å²) in [5.74, 6) is -2.70. The zero-order valence-electron chi connectivity index (χ0n) is 12.0. The van der Waals surface area contributed by atoms with E-state index >= 15 is 0 Å². The SMILES string of the molecule is CN(C)C=C1C=C(S(N)(=O)=O)C(N)=C(S(N)(=O)=O)C1C(F)(F)F. The fourth-order valence-corrected chi connectivity index (χ4v) is 3.84. The first-order valence-corrected chi connectivity index (χ1v) is 8.88. The molecule has 8 nitrogen and oxygen atoms in total. The molecule has 0 radical (unpaired) electrons. The van der Waals surface area contributed by atoms with Gasteiger partial charge in [-0.3, -0.25) is 0 Å². The second kappa shape index (κ2) is 5.81. The molecule has 13 heteroatoms. The Balaban J connectivity index is 3.93. The Morgan fingerprint density at radius 1 is 1.13 bits per heavy atom. The lowest BCUT2D eigenvalue weighted by atomic mass is 9.92. The minimum Gasteiger partial charge on any atom is -0.397 e. The molecule has 0 amide bonds. The summed E-state index contributed by atoms with van der Waals surface area (Å²) in [6.45, 7) is 0. The summed E-state index contributed by atoms with van der Waals surface area (Å²) >= 11 is 0. The first kappa shape index (κ1) is 19.5. The van der Waals surface area contributed by atoms with Crippen LogP contribution in [-0.4, -0.2) is 42.0 Å². The molecule has 1 rings (SSSR count). The highest BCUT2D eigenvalue weighted by atomic mass is 32.2. The number of rotatable bonds is 3. The van der Waals surface area contributed by atoms with Gasteiger partial charge < -0.3 is 10.6 Å². The van der Waals surface area contributed by atoms with Crippen LogP contribution in [0.4, 0.5) is 13.2 Å². The van der Waals surface area contributed by atoms with Crippen LogP contribution in [0.2, 0.25) is 0 Å². The molecule has 0 heterocycles. The van der Waals surface area contributed by atoms with Crippen molar-refractivity contribution in [3.8, 4) is 0 Å². The maximum Gasteiger partial charge on any atom is 0.400 e. The fourth-order valence-electron chi connectivity index (χ4n) is 2.04. The van der Waals surface area contributed by atoms with Crippen LogP contribution in [0.1, 0.15) is 0 Å². The molecule has 6 N–H and O–H groups in total. The van der Waals surface area contributed by atoms with Crippen molar-refractivity contribution in [3.63, 3.8) is 0 Å². The van der Waals surface area contributed by atoms with E-state index in [0.29, 0.717) is 6.08 Å². The zero-order valence-corrected chi connectivity index (χ0v) is 13.6. The molecule has 0 aliphatic heterocycles. The van der Waals surface area contributed by atoms with Gasteiger partial charge in [0.1, 0.15) is 15.7 Å².